The van der Waals surface area contributed by atoms with Crippen molar-refractivity contribution in [2.24, 2.45) is 0 Å². The van der Waals surface area contributed by atoms with Gasteiger partial charge in [0.1, 0.15) is 29.5 Å². The molecule has 1 atom stereocenters. The van der Waals surface area contributed by atoms with Gasteiger partial charge >= 0.3 is 6.18 Å². The summed E-state index contributed by atoms with van der Waals surface area (Å²) in [6.45, 7) is 0.382. The van der Waals surface area contributed by atoms with Crippen molar-refractivity contribution < 1.29 is 22.3 Å². The number of hydrogen-bond donors (Lipinski definition) is 2. The highest BCUT2D eigenvalue weighted by Gasteiger charge is 2.28. The molecule has 0 bridgehead atoms. The Kier molecular flexibility index (Phi) is 8.27. The van der Waals surface area contributed by atoms with Crippen molar-refractivity contribution in [2.45, 2.75) is 38.3 Å². The van der Waals surface area contributed by atoms with Gasteiger partial charge in [-0.25, -0.2) is 14.1 Å². The van der Waals surface area contributed by atoms with E-state index < -0.39 is 18.6 Å². The van der Waals surface area contributed by atoms with E-state index in [9.17, 15) is 17.6 Å². The summed E-state index contributed by atoms with van der Waals surface area (Å²) in [5, 5.41) is 14.5. The lowest BCUT2D eigenvalue weighted by Gasteiger charge is -2.16. The predicted octanol–water partition coefficient (Wildman–Crippen LogP) is 6.06. The van der Waals surface area contributed by atoms with E-state index in [1.807, 2.05) is 0 Å². The molecular formula is C24H24ClF4N7O. The van der Waals surface area contributed by atoms with Crippen LogP contribution in [0, 0.1) is 12.7 Å². The van der Waals surface area contributed by atoms with Crippen molar-refractivity contribution in [1.82, 2.24) is 29.9 Å². The van der Waals surface area contributed by atoms with Gasteiger partial charge in [0, 0.05) is 11.8 Å². The number of halogens is 5. The number of benzene rings is 2. The lowest BCUT2D eigenvalue weighted by Crippen LogP contribution is -2.19. The van der Waals surface area contributed by atoms with Crippen LogP contribution < -0.4 is 10.1 Å². The molecule has 0 aliphatic carbocycles. The van der Waals surface area contributed by atoms with Gasteiger partial charge in [-0.3, -0.25) is 5.10 Å². The van der Waals surface area contributed by atoms with Crippen LogP contribution in [0.5, 0.6) is 5.75 Å². The lowest BCUT2D eigenvalue weighted by atomic mass is 9.93. The topological polar surface area (TPSA) is 93.5 Å². The Morgan fingerprint density at radius 1 is 1.14 bits per heavy atom. The molecule has 2 aromatic carbocycles. The first-order valence-electron chi connectivity index (χ1n) is 11.4. The van der Waals surface area contributed by atoms with Crippen molar-refractivity contribution in [3.63, 3.8) is 0 Å². The monoisotopic (exact) mass is 537 g/mol. The van der Waals surface area contributed by atoms with E-state index in [2.05, 4.69) is 30.6 Å². The third-order valence-electron chi connectivity index (χ3n) is 5.45. The fourth-order valence-corrected chi connectivity index (χ4v) is 3.93. The number of aromatic amines is 1. The number of nitrogens with one attached hydrogen (secondary N) is 2. The van der Waals surface area contributed by atoms with Gasteiger partial charge in [0.2, 0.25) is 5.95 Å². The van der Waals surface area contributed by atoms with Crippen LogP contribution in [0.25, 0.3) is 5.69 Å². The van der Waals surface area contributed by atoms with E-state index in [1.165, 1.54) is 35.3 Å². The minimum absolute atomic E-state index is 0.113. The standard InChI is InChI=1S/C24H24ClF4N7O/c1-15-30-14-36(35-15)21-10-7-17(26)12-20(21)31-23-32-22(33-34-23)19(4-2-3-11-25)16-5-8-18(9-6-16)37-13-24(27,28)29/h5-10,12,14,19H,2-4,11,13H2,1H3,(H2,31,32,33,34). The molecule has 0 radical (unpaired) electrons. The normalized spacial score (nSPS) is 12.5. The number of alkyl halides is 4. The van der Waals surface area contributed by atoms with E-state index in [0.717, 1.165) is 18.4 Å². The maximum Gasteiger partial charge on any atom is 0.422 e. The number of aromatic nitrogens is 6. The molecule has 4 rings (SSSR count). The molecule has 4 aromatic rings. The molecule has 0 fully saturated rings. The third-order valence-corrected chi connectivity index (χ3v) is 5.72. The van der Waals surface area contributed by atoms with Crippen molar-refractivity contribution in [1.29, 1.82) is 0 Å². The molecule has 8 nitrogen and oxygen atoms in total. The summed E-state index contributed by atoms with van der Waals surface area (Å²) in [5.41, 5.74) is 1.77. The highest BCUT2D eigenvalue weighted by atomic mass is 35.5. The van der Waals surface area contributed by atoms with Crippen LogP contribution in [-0.2, 0) is 0 Å². The van der Waals surface area contributed by atoms with Gasteiger partial charge in [0.25, 0.3) is 0 Å². The molecule has 0 spiro atoms. The summed E-state index contributed by atoms with van der Waals surface area (Å²) >= 11 is 5.85. The van der Waals surface area contributed by atoms with Crippen LogP contribution >= 0.6 is 11.6 Å². The van der Waals surface area contributed by atoms with Crippen molar-refractivity contribution in [3.8, 4) is 11.4 Å². The Labute approximate surface area is 215 Å². The molecule has 0 amide bonds. The maximum absolute atomic E-state index is 14.0. The fraction of sp³-hybridized carbons (Fsp3) is 0.333. The van der Waals surface area contributed by atoms with Crippen LogP contribution in [-0.4, -0.2) is 48.6 Å². The van der Waals surface area contributed by atoms with E-state index in [1.54, 1.807) is 25.1 Å². The summed E-state index contributed by atoms with van der Waals surface area (Å²) in [6, 6.07) is 10.6. The maximum atomic E-state index is 14.0. The quantitative estimate of drug-likeness (QED) is 0.137. The summed E-state index contributed by atoms with van der Waals surface area (Å²) < 4.78 is 57.7. The van der Waals surface area contributed by atoms with Gasteiger partial charge in [-0.2, -0.15) is 23.3 Å². The van der Waals surface area contributed by atoms with Crippen LogP contribution in [0.3, 0.4) is 0 Å². The van der Waals surface area contributed by atoms with Crippen LogP contribution in [0.2, 0.25) is 0 Å². The molecule has 2 aromatic heterocycles. The molecule has 2 N–H and O–H groups in total. The molecular weight excluding hydrogens is 514 g/mol. The van der Waals surface area contributed by atoms with Gasteiger partial charge in [0.15, 0.2) is 6.61 Å². The summed E-state index contributed by atoms with van der Waals surface area (Å²) in [7, 11) is 0. The van der Waals surface area contributed by atoms with Gasteiger partial charge < -0.3 is 10.1 Å². The number of aryl methyl sites for hydroxylation is 1. The smallest absolute Gasteiger partial charge is 0.422 e. The number of H-pyrrole nitrogens is 1. The Morgan fingerprint density at radius 3 is 2.59 bits per heavy atom. The van der Waals surface area contributed by atoms with Gasteiger partial charge in [-0.05, 0) is 55.7 Å². The third kappa shape index (κ3) is 7.19. The first-order valence-corrected chi connectivity index (χ1v) is 12.0. The van der Waals surface area contributed by atoms with E-state index >= 15 is 0 Å². The first kappa shape index (κ1) is 26.4. The Bertz CT molecular complexity index is 1310. The van der Waals surface area contributed by atoms with Crippen molar-refractivity contribution >= 4 is 23.2 Å². The summed E-state index contributed by atoms with van der Waals surface area (Å²) in [6.07, 6.45) is -0.641. The molecule has 0 aliphatic heterocycles. The minimum Gasteiger partial charge on any atom is -0.484 e. The molecule has 196 valence electrons. The zero-order valence-corrected chi connectivity index (χ0v) is 20.5. The van der Waals surface area contributed by atoms with E-state index in [0.29, 0.717) is 35.3 Å². The molecule has 0 saturated heterocycles. The average Bonchev–Trinajstić information content (AvgIpc) is 3.50. The minimum atomic E-state index is -4.42. The Morgan fingerprint density at radius 2 is 1.92 bits per heavy atom. The van der Waals surface area contributed by atoms with E-state index in [4.69, 9.17) is 16.3 Å². The summed E-state index contributed by atoms with van der Waals surface area (Å²) in [5.74, 6) is 1.25. The predicted molar refractivity (Wildman–Crippen MR) is 130 cm³/mol. The number of nitrogens with zero attached hydrogens (tertiary/aromatic N) is 5. The number of anilines is 2. The number of ether oxygens (including phenoxy) is 1. The Balaban J connectivity index is 1.56. The number of hydrogen-bond acceptors (Lipinski definition) is 6. The van der Waals surface area contributed by atoms with Crippen molar-refractivity contribution in [3.05, 3.63) is 71.8 Å². The first-order chi connectivity index (χ1) is 17.7. The zero-order valence-electron chi connectivity index (χ0n) is 19.8. The second kappa shape index (κ2) is 11.6. The molecule has 37 heavy (non-hydrogen) atoms. The second-order valence-corrected chi connectivity index (χ2v) is 8.66. The summed E-state index contributed by atoms with van der Waals surface area (Å²) in [4.78, 5) is 8.67. The largest absolute Gasteiger partial charge is 0.484 e. The lowest BCUT2D eigenvalue weighted by molar-refractivity contribution is -0.153. The van der Waals surface area contributed by atoms with E-state index in [-0.39, 0.29) is 17.6 Å². The molecule has 0 aliphatic rings. The zero-order chi connectivity index (χ0) is 26.4. The number of rotatable bonds is 11. The second-order valence-electron chi connectivity index (χ2n) is 8.28. The Hall–Kier alpha value is -3.67. The highest BCUT2D eigenvalue weighted by molar-refractivity contribution is 6.17. The van der Waals surface area contributed by atoms with Crippen molar-refractivity contribution in [2.75, 3.05) is 17.8 Å². The van der Waals surface area contributed by atoms with Gasteiger partial charge in [-0.15, -0.1) is 16.7 Å². The van der Waals surface area contributed by atoms with Crippen LogP contribution in [0.4, 0.5) is 29.2 Å². The number of unbranched alkanes of at least 4 members (excludes halogenated alkanes) is 1. The average molecular weight is 538 g/mol. The molecule has 0 saturated carbocycles. The molecule has 13 heteroatoms. The molecule has 2 heterocycles. The molecule has 1 unspecified atom stereocenters. The van der Waals surface area contributed by atoms with Crippen LogP contribution in [0.15, 0.2) is 48.8 Å². The van der Waals surface area contributed by atoms with Crippen LogP contribution in [0.1, 0.15) is 42.4 Å². The SMILES string of the molecule is Cc1ncn(-c2ccc(F)cc2Nc2n[nH]c(C(CCCCCl)c3ccc(OCC(F)(F)F)cc3)n2)n1. The fourth-order valence-electron chi connectivity index (χ4n) is 3.74. The van der Waals surface area contributed by atoms with Gasteiger partial charge in [0.05, 0.1) is 11.4 Å². The highest BCUT2D eigenvalue weighted by Crippen LogP contribution is 2.31. The van der Waals surface area contributed by atoms with Gasteiger partial charge in [-0.1, -0.05) is 18.6 Å².